The topological polar surface area (TPSA) is 111 Å². The Labute approximate surface area is 159 Å². The van der Waals surface area contributed by atoms with Crippen molar-refractivity contribution in [2.24, 2.45) is 0 Å². The second-order valence-corrected chi connectivity index (χ2v) is 6.76. The van der Waals surface area contributed by atoms with Crippen molar-refractivity contribution in [2.45, 2.75) is 19.1 Å². The normalized spacial score (nSPS) is 10.6. The first-order valence-electron chi connectivity index (χ1n) is 8.00. The zero-order valence-corrected chi connectivity index (χ0v) is 15.4. The van der Waals surface area contributed by atoms with Crippen molar-refractivity contribution in [3.63, 3.8) is 0 Å². The highest BCUT2D eigenvalue weighted by atomic mass is 32.2. The number of nitrogens with one attached hydrogen (secondary N) is 1. The maximum atomic E-state index is 12.1. The van der Waals surface area contributed by atoms with E-state index in [1.165, 1.54) is 12.1 Å². The Balaban J connectivity index is 1.62. The quantitative estimate of drug-likeness (QED) is 0.388. The number of hydrogen-bond donors (Lipinski definition) is 1. The van der Waals surface area contributed by atoms with Gasteiger partial charge in [0.15, 0.2) is 0 Å². The molecule has 8 nitrogen and oxygen atoms in total. The molecule has 3 aromatic rings. The van der Waals surface area contributed by atoms with Crippen LogP contribution in [-0.4, -0.2) is 26.8 Å². The van der Waals surface area contributed by atoms with Crippen molar-refractivity contribution in [2.75, 3.05) is 11.1 Å². The van der Waals surface area contributed by atoms with Crippen LogP contribution in [0.15, 0.2) is 52.1 Å². The van der Waals surface area contributed by atoms with Gasteiger partial charge in [-0.15, -0.1) is 10.2 Å². The largest absolute Gasteiger partial charge is 0.411 e. The maximum Gasteiger partial charge on any atom is 0.277 e. The molecule has 1 N–H and O–H groups in total. The van der Waals surface area contributed by atoms with Gasteiger partial charge in [-0.2, -0.15) is 0 Å². The van der Waals surface area contributed by atoms with Gasteiger partial charge in [-0.1, -0.05) is 30.0 Å². The van der Waals surface area contributed by atoms with Crippen LogP contribution in [0.2, 0.25) is 0 Å². The van der Waals surface area contributed by atoms with Crippen LogP contribution in [0.25, 0.3) is 11.5 Å². The number of nitro benzene ring substituents is 1. The molecule has 0 radical (unpaired) electrons. The minimum absolute atomic E-state index is 0.0622. The molecule has 0 fully saturated rings. The number of nitro groups is 1. The molecule has 138 valence electrons. The molecule has 0 aliphatic carbocycles. The molecule has 0 aliphatic rings. The van der Waals surface area contributed by atoms with Crippen LogP contribution in [0.3, 0.4) is 0 Å². The Kier molecular flexibility index (Phi) is 5.51. The first kappa shape index (κ1) is 18.6. The van der Waals surface area contributed by atoms with E-state index in [0.717, 1.165) is 28.6 Å². The molecule has 0 saturated heterocycles. The van der Waals surface area contributed by atoms with Gasteiger partial charge in [0, 0.05) is 23.4 Å². The maximum absolute atomic E-state index is 12.1. The van der Waals surface area contributed by atoms with E-state index in [1.54, 1.807) is 12.1 Å². The van der Waals surface area contributed by atoms with Gasteiger partial charge in [-0.25, -0.2) is 0 Å². The summed E-state index contributed by atoms with van der Waals surface area (Å²) in [4.78, 5) is 22.5. The Morgan fingerprint density at radius 3 is 2.81 bits per heavy atom. The molecule has 9 heteroatoms. The minimum Gasteiger partial charge on any atom is -0.411 e. The van der Waals surface area contributed by atoms with Gasteiger partial charge >= 0.3 is 0 Å². The van der Waals surface area contributed by atoms with E-state index in [4.69, 9.17) is 4.42 Å². The smallest absolute Gasteiger partial charge is 0.277 e. The Hall–Kier alpha value is -3.20. The summed E-state index contributed by atoms with van der Waals surface area (Å²) in [5.41, 5.74) is 3.19. The third kappa shape index (κ3) is 4.70. The average Bonchev–Trinajstić information content (AvgIpc) is 3.12. The van der Waals surface area contributed by atoms with E-state index >= 15 is 0 Å². The highest BCUT2D eigenvalue weighted by Gasteiger charge is 2.14. The molecule has 1 heterocycles. The number of carbonyl (C=O) groups is 1. The van der Waals surface area contributed by atoms with Crippen molar-refractivity contribution in [3.05, 3.63) is 63.7 Å². The predicted octanol–water partition coefficient (Wildman–Crippen LogP) is 3.99. The summed E-state index contributed by atoms with van der Waals surface area (Å²) >= 11 is 1.10. The van der Waals surface area contributed by atoms with Crippen LogP contribution < -0.4 is 5.32 Å². The molecule has 3 rings (SSSR count). The van der Waals surface area contributed by atoms with E-state index < -0.39 is 4.92 Å². The summed E-state index contributed by atoms with van der Waals surface area (Å²) in [7, 11) is 0. The minimum atomic E-state index is -0.493. The number of aromatic nitrogens is 2. The van der Waals surface area contributed by atoms with E-state index in [0.29, 0.717) is 5.56 Å². The molecule has 0 atom stereocenters. The third-order valence-electron chi connectivity index (χ3n) is 3.70. The predicted molar refractivity (Wildman–Crippen MR) is 102 cm³/mol. The average molecular weight is 384 g/mol. The molecular formula is C18H16N4O4S. The monoisotopic (exact) mass is 384 g/mol. The molecule has 1 amide bonds. The Morgan fingerprint density at radius 1 is 1.22 bits per heavy atom. The van der Waals surface area contributed by atoms with E-state index in [2.05, 4.69) is 15.5 Å². The van der Waals surface area contributed by atoms with E-state index in [1.807, 2.05) is 32.0 Å². The summed E-state index contributed by atoms with van der Waals surface area (Å²) in [5, 5.41) is 21.7. The summed E-state index contributed by atoms with van der Waals surface area (Å²) in [6, 6.07) is 11.8. The molecule has 0 unspecified atom stereocenters. The number of rotatable bonds is 6. The molecule has 27 heavy (non-hydrogen) atoms. The number of nitrogens with zero attached hydrogens (tertiary/aromatic N) is 3. The third-order valence-corrected chi connectivity index (χ3v) is 4.52. The highest BCUT2D eigenvalue weighted by Crippen LogP contribution is 2.26. The lowest BCUT2D eigenvalue weighted by Gasteiger charge is -2.08. The van der Waals surface area contributed by atoms with Gasteiger partial charge in [0.1, 0.15) is 0 Å². The number of non-ortho nitro benzene ring substituents is 1. The summed E-state index contributed by atoms with van der Waals surface area (Å²) < 4.78 is 5.49. The number of carbonyl (C=O) groups excluding carboxylic acids is 1. The van der Waals surface area contributed by atoms with Gasteiger partial charge in [0.05, 0.1) is 10.7 Å². The van der Waals surface area contributed by atoms with Crippen LogP contribution in [-0.2, 0) is 4.79 Å². The summed E-state index contributed by atoms with van der Waals surface area (Å²) in [6.45, 7) is 3.88. The highest BCUT2D eigenvalue weighted by molar-refractivity contribution is 7.99. The van der Waals surface area contributed by atoms with Crippen LogP contribution in [0, 0.1) is 24.0 Å². The van der Waals surface area contributed by atoms with Crippen molar-refractivity contribution in [3.8, 4) is 11.5 Å². The number of amides is 1. The SMILES string of the molecule is Cc1ccc(C)c(NC(=O)CSc2nnc(-c3cccc([N+](=O)[O-])c3)o2)c1. The molecule has 0 saturated carbocycles. The second-order valence-electron chi connectivity index (χ2n) is 5.84. The van der Waals surface area contributed by atoms with Crippen LogP contribution in [0.4, 0.5) is 11.4 Å². The molecule has 1 aromatic heterocycles. The number of aryl methyl sites for hydroxylation is 2. The lowest BCUT2D eigenvalue weighted by molar-refractivity contribution is -0.384. The van der Waals surface area contributed by atoms with E-state index in [-0.39, 0.29) is 28.5 Å². The number of thioether (sulfide) groups is 1. The van der Waals surface area contributed by atoms with Gasteiger partial charge < -0.3 is 9.73 Å². The summed E-state index contributed by atoms with van der Waals surface area (Å²) in [6.07, 6.45) is 0. The van der Waals surface area contributed by atoms with Crippen molar-refractivity contribution in [1.29, 1.82) is 0 Å². The van der Waals surface area contributed by atoms with Gasteiger partial charge in [-0.05, 0) is 37.1 Å². The fourth-order valence-corrected chi connectivity index (χ4v) is 2.88. The Morgan fingerprint density at radius 2 is 2.04 bits per heavy atom. The zero-order chi connectivity index (χ0) is 19.4. The lowest BCUT2D eigenvalue weighted by atomic mass is 10.1. The van der Waals surface area contributed by atoms with Crippen LogP contribution >= 0.6 is 11.8 Å². The lowest BCUT2D eigenvalue weighted by Crippen LogP contribution is -2.14. The molecule has 0 aliphatic heterocycles. The molecule has 2 aromatic carbocycles. The number of anilines is 1. The van der Waals surface area contributed by atoms with Gasteiger partial charge in [-0.3, -0.25) is 14.9 Å². The Bertz CT molecular complexity index is 1000. The van der Waals surface area contributed by atoms with Gasteiger partial charge in [0.25, 0.3) is 10.9 Å². The first-order valence-corrected chi connectivity index (χ1v) is 8.99. The standard InChI is InChI=1S/C18H16N4O4S/c1-11-6-7-12(2)15(8-11)19-16(23)10-27-18-21-20-17(26-18)13-4-3-5-14(9-13)22(24)25/h3-9H,10H2,1-2H3,(H,19,23). The van der Waals surface area contributed by atoms with E-state index in [9.17, 15) is 14.9 Å². The fraction of sp³-hybridized carbons (Fsp3) is 0.167. The summed E-state index contributed by atoms with van der Waals surface area (Å²) in [5.74, 6) is 0.0733. The van der Waals surface area contributed by atoms with Crippen molar-refractivity contribution >= 4 is 29.0 Å². The first-order chi connectivity index (χ1) is 12.9. The van der Waals surface area contributed by atoms with Crippen molar-refractivity contribution in [1.82, 2.24) is 10.2 Å². The molecular weight excluding hydrogens is 368 g/mol. The van der Waals surface area contributed by atoms with Crippen LogP contribution in [0.5, 0.6) is 0 Å². The van der Waals surface area contributed by atoms with Crippen LogP contribution in [0.1, 0.15) is 11.1 Å². The molecule has 0 spiro atoms. The fourth-order valence-electron chi connectivity index (χ4n) is 2.32. The van der Waals surface area contributed by atoms with Crippen molar-refractivity contribution < 1.29 is 14.1 Å². The molecule has 0 bridgehead atoms. The number of hydrogen-bond acceptors (Lipinski definition) is 7. The second kappa shape index (κ2) is 8.00. The van der Waals surface area contributed by atoms with Gasteiger partial charge in [0.2, 0.25) is 11.8 Å². The zero-order valence-electron chi connectivity index (χ0n) is 14.6. The number of benzene rings is 2.